The maximum absolute atomic E-state index is 13.0. The van der Waals surface area contributed by atoms with Gasteiger partial charge in [0, 0.05) is 17.5 Å². The summed E-state index contributed by atoms with van der Waals surface area (Å²) in [5.74, 6) is 1.71. The van der Waals surface area contributed by atoms with Crippen molar-refractivity contribution in [3.63, 3.8) is 0 Å². The predicted octanol–water partition coefficient (Wildman–Crippen LogP) is 5.98. The van der Waals surface area contributed by atoms with Gasteiger partial charge >= 0.3 is 0 Å². The van der Waals surface area contributed by atoms with Crippen LogP contribution in [-0.4, -0.2) is 30.0 Å². The Labute approximate surface area is 183 Å². The fourth-order valence-electron chi connectivity index (χ4n) is 3.39. The second-order valence-electron chi connectivity index (χ2n) is 6.66. The third-order valence-corrected chi connectivity index (χ3v) is 5.50. The summed E-state index contributed by atoms with van der Waals surface area (Å²) in [6.45, 7) is 0. The third-order valence-electron chi connectivity index (χ3n) is 4.87. The second kappa shape index (κ2) is 8.38. The quantitative estimate of drug-likeness (QED) is 0.374. The smallest absolute Gasteiger partial charge is 0.167 e. The maximum atomic E-state index is 13.0. The monoisotopic (exact) mass is 440 g/mol. The number of halogens is 2. The Morgan fingerprint density at radius 1 is 0.967 bits per heavy atom. The molecule has 0 amide bonds. The molecule has 1 aromatic heterocycles. The predicted molar refractivity (Wildman–Crippen MR) is 119 cm³/mol. The number of carbonyl (C=O) groups is 1. The highest BCUT2D eigenvalue weighted by Crippen LogP contribution is 2.34. The van der Waals surface area contributed by atoms with E-state index in [1.165, 1.54) is 0 Å². The molecule has 0 saturated carbocycles. The van der Waals surface area contributed by atoms with Crippen molar-refractivity contribution in [3.8, 4) is 22.9 Å². The van der Waals surface area contributed by atoms with Gasteiger partial charge in [0.25, 0.3) is 0 Å². The van der Waals surface area contributed by atoms with E-state index in [2.05, 4.69) is 9.97 Å². The zero-order valence-electron chi connectivity index (χ0n) is 16.3. The van der Waals surface area contributed by atoms with Crippen LogP contribution in [0, 0.1) is 0 Å². The number of aromatic amines is 1. The van der Waals surface area contributed by atoms with Crippen molar-refractivity contribution >= 4 is 40.0 Å². The van der Waals surface area contributed by atoms with E-state index in [-0.39, 0.29) is 12.2 Å². The first-order valence-corrected chi connectivity index (χ1v) is 9.94. The van der Waals surface area contributed by atoms with Gasteiger partial charge in [0.15, 0.2) is 5.78 Å². The fourth-order valence-corrected chi connectivity index (χ4v) is 3.97. The molecular weight excluding hydrogens is 423 g/mol. The molecular formula is C23H18Cl2N2O3. The van der Waals surface area contributed by atoms with Gasteiger partial charge in [-0.3, -0.25) is 4.79 Å². The fraction of sp³-hybridized carbons (Fsp3) is 0.130. The molecule has 0 spiro atoms. The first-order chi connectivity index (χ1) is 14.5. The van der Waals surface area contributed by atoms with Crippen LogP contribution in [0.1, 0.15) is 15.9 Å². The lowest BCUT2D eigenvalue weighted by Crippen LogP contribution is -2.06. The molecule has 0 saturated heterocycles. The SMILES string of the molecule is COc1cccc(OC)c1CC(=O)c1ccc2nc(-c3c(Cl)cccc3Cl)[nH]c2c1. The van der Waals surface area contributed by atoms with Crippen molar-refractivity contribution in [1.29, 1.82) is 0 Å². The van der Waals surface area contributed by atoms with E-state index in [0.717, 1.165) is 5.52 Å². The van der Waals surface area contributed by atoms with Gasteiger partial charge in [-0.2, -0.15) is 0 Å². The molecule has 0 fully saturated rings. The summed E-state index contributed by atoms with van der Waals surface area (Å²) in [7, 11) is 3.14. The molecule has 0 aliphatic carbocycles. The number of fused-ring (bicyclic) bond motifs is 1. The number of nitrogens with one attached hydrogen (secondary N) is 1. The Balaban J connectivity index is 1.69. The van der Waals surface area contributed by atoms with Crippen molar-refractivity contribution in [2.24, 2.45) is 0 Å². The molecule has 0 radical (unpaired) electrons. The standard InChI is InChI=1S/C23H18Cl2N2O3/c1-29-20-7-4-8-21(30-2)14(20)12-19(28)13-9-10-17-18(11-13)27-23(26-17)22-15(24)5-3-6-16(22)25/h3-11H,12H2,1-2H3,(H,26,27). The molecule has 4 rings (SSSR count). The van der Waals surface area contributed by atoms with E-state index in [1.807, 2.05) is 18.2 Å². The van der Waals surface area contributed by atoms with E-state index >= 15 is 0 Å². The second-order valence-corrected chi connectivity index (χ2v) is 7.47. The number of H-pyrrole nitrogens is 1. The van der Waals surface area contributed by atoms with Crippen molar-refractivity contribution in [2.75, 3.05) is 14.2 Å². The third kappa shape index (κ3) is 3.74. The molecule has 7 heteroatoms. The van der Waals surface area contributed by atoms with Crippen LogP contribution < -0.4 is 9.47 Å². The van der Waals surface area contributed by atoms with Gasteiger partial charge < -0.3 is 14.5 Å². The van der Waals surface area contributed by atoms with Crippen molar-refractivity contribution < 1.29 is 14.3 Å². The summed E-state index contributed by atoms with van der Waals surface area (Å²) in [6.07, 6.45) is 0.149. The normalized spacial score (nSPS) is 10.9. The number of ether oxygens (including phenoxy) is 2. The Morgan fingerprint density at radius 3 is 2.23 bits per heavy atom. The lowest BCUT2D eigenvalue weighted by Gasteiger charge is -2.12. The van der Waals surface area contributed by atoms with Gasteiger partial charge in [-0.05, 0) is 42.5 Å². The van der Waals surface area contributed by atoms with Crippen molar-refractivity contribution in [3.05, 3.63) is 75.8 Å². The summed E-state index contributed by atoms with van der Waals surface area (Å²) >= 11 is 12.6. The van der Waals surface area contributed by atoms with Gasteiger partial charge in [0.05, 0.1) is 40.9 Å². The van der Waals surface area contributed by atoms with E-state index in [9.17, 15) is 4.79 Å². The average molecular weight is 441 g/mol. The van der Waals surface area contributed by atoms with Crippen LogP contribution in [0.4, 0.5) is 0 Å². The molecule has 3 aromatic carbocycles. The molecule has 152 valence electrons. The number of benzene rings is 3. The minimum Gasteiger partial charge on any atom is -0.496 e. The van der Waals surface area contributed by atoms with Gasteiger partial charge in [0.2, 0.25) is 0 Å². The zero-order chi connectivity index (χ0) is 21.3. The lowest BCUT2D eigenvalue weighted by atomic mass is 10.0. The summed E-state index contributed by atoms with van der Waals surface area (Å²) in [6, 6.07) is 16.1. The van der Waals surface area contributed by atoms with E-state index in [4.69, 9.17) is 32.7 Å². The molecule has 30 heavy (non-hydrogen) atoms. The topological polar surface area (TPSA) is 64.2 Å². The number of rotatable bonds is 6. The van der Waals surface area contributed by atoms with Crippen LogP contribution in [0.15, 0.2) is 54.6 Å². The molecule has 4 aromatic rings. The molecule has 0 unspecified atom stereocenters. The first-order valence-electron chi connectivity index (χ1n) is 9.19. The summed E-state index contributed by atoms with van der Waals surface area (Å²) < 4.78 is 10.8. The molecule has 1 N–H and O–H groups in total. The molecule has 0 aliphatic heterocycles. The molecule has 0 bridgehead atoms. The number of Topliss-reactive ketones (excluding diaryl/α,β-unsaturated/α-hetero) is 1. The number of hydrogen-bond acceptors (Lipinski definition) is 4. The summed E-state index contributed by atoms with van der Waals surface area (Å²) in [5.41, 5.74) is 3.33. The molecule has 1 heterocycles. The Bertz CT molecular complexity index is 1210. The first kappa shape index (κ1) is 20.3. The average Bonchev–Trinajstić information content (AvgIpc) is 3.16. The van der Waals surface area contributed by atoms with E-state index in [1.54, 1.807) is 50.6 Å². The number of hydrogen-bond donors (Lipinski definition) is 1. The summed E-state index contributed by atoms with van der Waals surface area (Å²) in [5, 5.41) is 1.00. The number of carbonyl (C=O) groups excluding carboxylic acids is 1. The van der Waals surface area contributed by atoms with Crippen LogP contribution in [0.3, 0.4) is 0 Å². The number of methoxy groups -OCH3 is 2. The number of imidazole rings is 1. The van der Waals surface area contributed by atoms with E-state index < -0.39 is 0 Å². The highest BCUT2D eigenvalue weighted by molar-refractivity contribution is 6.39. The van der Waals surface area contributed by atoms with E-state index in [0.29, 0.717) is 49.6 Å². The van der Waals surface area contributed by atoms with Crippen LogP contribution in [0.5, 0.6) is 11.5 Å². The maximum Gasteiger partial charge on any atom is 0.167 e. The summed E-state index contributed by atoms with van der Waals surface area (Å²) in [4.78, 5) is 20.8. The lowest BCUT2D eigenvalue weighted by molar-refractivity contribution is 0.0991. The highest BCUT2D eigenvalue weighted by Gasteiger charge is 2.17. The molecule has 5 nitrogen and oxygen atoms in total. The van der Waals surface area contributed by atoms with Crippen molar-refractivity contribution in [1.82, 2.24) is 9.97 Å². The van der Waals surface area contributed by atoms with Gasteiger partial charge in [-0.15, -0.1) is 0 Å². The highest BCUT2D eigenvalue weighted by atomic mass is 35.5. The van der Waals surface area contributed by atoms with Gasteiger partial charge in [-0.25, -0.2) is 4.98 Å². The van der Waals surface area contributed by atoms with Gasteiger partial charge in [-0.1, -0.05) is 35.3 Å². The Kier molecular flexibility index (Phi) is 5.66. The van der Waals surface area contributed by atoms with Crippen LogP contribution >= 0.6 is 23.2 Å². The Hall–Kier alpha value is -3.02. The molecule has 0 atom stereocenters. The minimum atomic E-state index is -0.0633. The number of nitrogens with zero attached hydrogens (tertiary/aromatic N) is 1. The van der Waals surface area contributed by atoms with Crippen molar-refractivity contribution in [2.45, 2.75) is 6.42 Å². The number of aromatic nitrogens is 2. The zero-order valence-corrected chi connectivity index (χ0v) is 17.8. The van der Waals surface area contributed by atoms with Crippen LogP contribution in [-0.2, 0) is 6.42 Å². The number of ketones is 1. The Morgan fingerprint density at radius 2 is 1.60 bits per heavy atom. The largest absolute Gasteiger partial charge is 0.496 e. The molecule has 0 aliphatic rings. The minimum absolute atomic E-state index is 0.0633. The van der Waals surface area contributed by atoms with Crippen LogP contribution in [0.25, 0.3) is 22.4 Å². The van der Waals surface area contributed by atoms with Crippen LogP contribution in [0.2, 0.25) is 10.0 Å². The van der Waals surface area contributed by atoms with Gasteiger partial charge in [0.1, 0.15) is 17.3 Å².